The van der Waals surface area contributed by atoms with Crippen LogP contribution < -0.4 is 5.32 Å². The number of thiocarbonyl (C=S) groups is 1. The Bertz CT molecular complexity index is 959. The van der Waals surface area contributed by atoms with Gasteiger partial charge in [0.25, 0.3) is 5.91 Å². The van der Waals surface area contributed by atoms with Gasteiger partial charge in [0.15, 0.2) is 0 Å². The van der Waals surface area contributed by atoms with Crippen molar-refractivity contribution in [3.63, 3.8) is 0 Å². The summed E-state index contributed by atoms with van der Waals surface area (Å²) in [6, 6.07) is -0.940. The predicted molar refractivity (Wildman–Crippen MR) is 116 cm³/mol. The fourth-order valence-electron chi connectivity index (χ4n) is 3.01. The highest BCUT2D eigenvalue weighted by molar-refractivity contribution is 8.01. The molecular formula is C17H21F3N6O3S3. The fraction of sp³-hybridized carbons (Fsp3) is 0.647. The molecule has 176 valence electrons. The number of nitrogens with one attached hydrogen (secondary N) is 1. The minimum Gasteiger partial charge on any atom is -0.455 e. The van der Waals surface area contributed by atoms with Crippen LogP contribution in [0.5, 0.6) is 0 Å². The largest absolute Gasteiger partial charge is 0.455 e. The smallest absolute Gasteiger partial charge is 0.395 e. The highest BCUT2D eigenvalue weighted by atomic mass is 32.2. The van der Waals surface area contributed by atoms with Crippen LogP contribution in [0.15, 0.2) is 16.4 Å². The van der Waals surface area contributed by atoms with Crippen molar-refractivity contribution in [3.8, 4) is 0 Å². The highest BCUT2D eigenvalue weighted by Crippen LogP contribution is 2.42. The molecule has 1 aromatic rings. The molecule has 2 aliphatic rings. The number of tetrazole rings is 1. The van der Waals surface area contributed by atoms with Gasteiger partial charge >= 0.3 is 12.1 Å². The Labute approximate surface area is 195 Å². The van der Waals surface area contributed by atoms with E-state index in [1.807, 2.05) is 0 Å². The van der Waals surface area contributed by atoms with E-state index in [-0.39, 0.29) is 5.70 Å². The third kappa shape index (κ3) is 5.73. The van der Waals surface area contributed by atoms with E-state index in [0.717, 1.165) is 0 Å². The van der Waals surface area contributed by atoms with Crippen LogP contribution in [0.25, 0.3) is 0 Å². The summed E-state index contributed by atoms with van der Waals surface area (Å²) in [6.45, 7) is 5.12. The van der Waals surface area contributed by atoms with Crippen LogP contribution in [0.2, 0.25) is 0 Å². The molecule has 1 fully saturated rings. The third-order valence-electron chi connectivity index (χ3n) is 4.27. The molecule has 0 aliphatic carbocycles. The zero-order chi connectivity index (χ0) is 23.8. The molecule has 2 aliphatic heterocycles. The van der Waals surface area contributed by atoms with E-state index in [4.69, 9.17) is 17.0 Å². The summed E-state index contributed by atoms with van der Waals surface area (Å²) in [5.41, 5.74) is -0.0373. The fourth-order valence-corrected chi connectivity index (χ4v) is 5.64. The Morgan fingerprint density at radius 2 is 2.06 bits per heavy atom. The molecule has 1 aromatic heterocycles. The van der Waals surface area contributed by atoms with Crippen molar-refractivity contribution in [2.45, 2.75) is 55.5 Å². The summed E-state index contributed by atoms with van der Waals surface area (Å²) < 4.78 is 44.8. The molecule has 0 spiro atoms. The lowest BCUT2D eigenvalue weighted by molar-refractivity contribution is -0.158. The molecule has 1 amide bonds. The summed E-state index contributed by atoms with van der Waals surface area (Å²) in [6.07, 6.45) is -5.79. The van der Waals surface area contributed by atoms with Crippen molar-refractivity contribution in [1.29, 1.82) is 0 Å². The number of nitrogens with zero attached hydrogens (tertiary/aromatic N) is 5. The number of alkyl halides is 3. The number of amides is 1. The van der Waals surface area contributed by atoms with Gasteiger partial charge in [0, 0.05) is 18.6 Å². The molecule has 0 aromatic carbocycles. The lowest BCUT2D eigenvalue weighted by Crippen LogP contribution is -2.70. The van der Waals surface area contributed by atoms with Crippen LogP contribution in [0, 0.1) is 0 Å². The summed E-state index contributed by atoms with van der Waals surface area (Å²) in [5.74, 6) is -0.489. The number of esters is 1. The molecular weight excluding hydrogens is 489 g/mol. The molecule has 0 bridgehead atoms. The second kappa shape index (κ2) is 9.17. The second-order valence-electron chi connectivity index (χ2n) is 8.07. The monoisotopic (exact) mass is 510 g/mol. The van der Waals surface area contributed by atoms with Crippen molar-refractivity contribution in [2.75, 3.05) is 11.5 Å². The molecule has 1 saturated heterocycles. The molecule has 2 atom stereocenters. The third-order valence-corrected chi connectivity index (χ3v) is 6.97. The van der Waals surface area contributed by atoms with Gasteiger partial charge in [-0.25, -0.2) is 9.48 Å². The average molecular weight is 511 g/mol. The number of fused-ring (bicyclic) bond motifs is 1. The van der Waals surface area contributed by atoms with Crippen molar-refractivity contribution < 1.29 is 27.5 Å². The maximum Gasteiger partial charge on any atom is 0.395 e. The Morgan fingerprint density at radius 3 is 2.62 bits per heavy atom. The number of carbonyl (C=O) groups is 2. The Balaban J connectivity index is 1.81. The first kappa shape index (κ1) is 24.8. The first-order valence-corrected chi connectivity index (χ1v) is 11.8. The van der Waals surface area contributed by atoms with Gasteiger partial charge in [-0.3, -0.25) is 9.69 Å². The number of β-lactam (4-membered cyclic amide) rings is 1. The summed E-state index contributed by atoms with van der Waals surface area (Å²) >= 11 is 7.39. The van der Waals surface area contributed by atoms with E-state index in [1.165, 1.54) is 33.1 Å². The molecule has 0 unspecified atom stereocenters. The van der Waals surface area contributed by atoms with Gasteiger partial charge in [0.1, 0.15) is 22.7 Å². The van der Waals surface area contributed by atoms with E-state index < -0.39 is 46.5 Å². The van der Waals surface area contributed by atoms with Crippen LogP contribution >= 0.6 is 35.7 Å². The van der Waals surface area contributed by atoms with Gasteiger partial charge in [-0.15, -0.1) is 16.9 Å². The van der Waals surface area contributed by atoms with Gasteiger partial charge in [-0.1, -0.05) is 24.0 Å². The standard InChI is InChI=1S/C17H21F3N6O3S3/c1-16(2,3)29-14(28)11-8(7-32-15-22-23-24-25(15)4)6-31-13-10(12(27)26(11)13)21-9(30)5-17(18,19)20/h10,13H,5-7H2,1-4H3,(H,21,30)/t10-,13+/m1/s1. The van der Waals surface area contributed by atoms with Crippen LogP contribution in [-0.2, 0) is 21.4 Å². The summed E-state index contributed by atoms with van der Waals surface area (Å²) in [7, 11) is 1.68. The normalized spacial score (nSPS) is 21.2. The second-order valence-corrected chi connectivity index (χ2v) is 10.6. The number of halogens is 3. The first-order valence-electron chi connectivity index (χ1n) is 9.38. The molecule has 3 heterocycles. The summed E-state index contributed by atoms with van der Waals surface area (Å²) in [5, 5.41) is 13.7. The van der Waals surface area contributed by atoms with Crippen LogP contribution in [-0.4, -0.2) is 76.7 Å². The molecule has 9 nitrogen and oxygen atoms in total. The van der Waals surface area contributed by atoms with Gasteiger partial charge < -0.3 is 10.1 Å². The van der Waals surface area contributed by atoms with E-state index in [2.05, 4.69) is 20.8 Å². The number of rotatable bonds is 6. The van der Waals surface area contributed by atoms with Gasteiger partial charge in [-0.05, 0) is 36.8 Å². The number of ether oxygens (including phenoxy) is 1. The topological polar surface area (TPSA) is 102 Å². The highest BCUT2D eigenvalue weighted by Gasteiger charge is 2.54. The Kier molecular flexibility index (Phi) is 7.10. The van der Waals surface area contributed by atoms with E-state index in [1.54, 1.807) is 27.8 Å². The van der Waals surface area contributed by atoms with E-state index >= 15 is 0 Å². The van der Waals surface area contributed by atoms with Gasteiger partial charge in [0.2, 0.25) is 5.16 Å². The van der Waals surface area contributed by atoms with Gasteiger partial charge in [-0.2, -0.15) is 13.2 Å². The molecule has 0 saturated carbocycles. The number of carbonyl (C=O) groups excluding carboxylic acids is 2. The maximum atomic E-state index is 13.0. The van der Waals surface area contributed by atoms with Crippen LogP contribution in [0.3, 0.4) is 0 Å². The van der Waals surface area contributed by atoms with Crippen molar-refractivity contribution in [3.05, 3.63) is 11.3 Å². The number of hydrogen-bond acceptors (Lipinski definition) is 9. The average Bonchev–Trinajstić information content (AvgIpc) is 3.05. The summed E-state index contributed by atoms with van der Waals surface area (Å²) in [4.78, 5) is 26.6. The van der Waals surface area contributed by atoms with Gasteiger partial charge in [0.05, 0.1) is 11.4 Å². The van der Waals surface area contributed by atoms with Crippen molar-refractivity contribution in [2.24, 2.45) is 7.05 Å². The van der Waals surface area contributed by atoms with Crippen LogP contribution in [0.1, 0.15) is 27.2 Å². The molecule has 3 rings (SSSR count). The number of hydrogen-bond donors (Lipinski definition) is 1. The quantitative estimate of drug-likeness (QED) is 0.265. The minimum atomic E-state index is -4.48. The Hall–Kier alpha value is -1.87. The zero-order valence-corrected chi connectivity index (χ0v) is 20.0. The molecule has 0 radical (unpaired) electrons. The lowest BCUT2D eigenvalue weighted by Gasteiger charge is -2.50. The van der Waals surface area contributed by atoms with Crippen LogP contribution in [0.4, 0.5) is 13.2 Å². The SMILES string of the molecule is Cn1nnnc1SCC1=C(C(=O)OC(C)(C)C)N2C(=O)[C@@H](NC(=S)CC(F)(F)F)[C@@H]2SC1. The minimum absolute atomic E-state index is 0.107. The number of aromatic nitrogens is 4. The number of thioether (sulfide) groups is 2. The molecule has 32 heavy (non-hydrogen) atoms. The van der Waals surface area contributed by atoms with E-state index in [9.17, 15) is 22.8 Å². The Morgan fingerprint density at radius 1 is 1.38 bits per heavy atom. The van der Waals surface area contributed by atoms with Crippen molar-refractivity contribution >= 4 is 52.6 Å². The first-order chi connectivity index (χ1) is 14.8. The molecule has 15 heteroatoms. The predicted octanol–water partition coefficient (Wildman–Crippen LogP) is 2.05. The van der Waals surface area contributed by atoms with E-state index in [0.29, 0.717) is 22.2 Å². The maximum absolute atomic E-state index is 13.0. The lowest BCUT2D eigenvalue weighted by atomic mass is 10.0. The van der Waals surface area contributed by atoms with Crippen molar-refractivity contribution in [1.82, 2.24) is 30.4 Å². The number of aryl methyl sites for hydroxylation is 1. The zero-order valence-electron chi connectivity index (χ0n) is 17.6. The molecule has 1 N–H and O–H groups in total.